The van der Waals surface area contributed by atoms with Crippen LogP contribution >= 0.6 is 0 Å². The van der Waals surface area contributed by atoms with Gasteiger partial charge in [-0.1, -0.05) is 13.3 Å². The third kappa shape index (κ3) is 6.05. The minimum atomic E-state index is -4.16. The standard InChI is InChI=1S/C22H26F2N2O6S/c1-2-3-17-10-11-22(14-32-17,21(27)25-28)26-33(29,30)19-8-6-18(7-9-19)31-13-15-4-5-16(23)12-20(15)24/h4-9,12,17,26,28H,2-3,10-11,13-14H2,1H3,(H,25,27). The molecule has 8 nitrogen and oxygen atoms in total. The van der Waals surface area contributed by atoms with Crippen LogP contribution in [0.5, 0.6) is 5.75 Å². The van der Waals surface area contributed by atoms with Gasteiger partial charge in [0, 0.05) is 11.6 Å². The van der Waals surface area contributed by atoms with E-state index in [4.69, 9.17) is 14.7 Å². The lowest BCUT2D eigenvalue weighted by atomic mass is 9.89. The van der Waals surface area contributed by atoms with Crippen molar-refractivity contribution in [2.75, 3.05) is 6.61 Å². The van der Waals surface area contributed by atoms with E-state index in [1.54, 1.807) is 0 Å². The molecule has 2 atom stereocenters. The average molecular weight is 485 g/mol. The second-order valence-electron chi connectivity index (χ2n) is 7.88. The lowest BCUT2D eigenvalue weighted by Gasteiger charge is -2.38. The van der Waals surface area contributed by atoms with Gasteiger partial charge in [-0.15, -0.1) is 0 Å². The first-order valence-electron chi connectivity index (χ1n) is 10.5. The zero-order chi connectivity index (χ0) is 24.1. The second kappa shape index (κ2) is 10.6. The fraction of sp³-hybridized carbons (Fsp3) is 0.409. The summed E-state index contributed by atoms with van der Waals surface area (Å²) in [5, 5.41) is 9.16. The van der Waals surface area contributed by atoms with E-state index in [1.165, 1.54) is 35.8 Å². The van der Waals surface area contributed by atoms with Crippen LogP contribution in [0.15, 0.2) is 47.4 Å². The highest BCUT2D eigenvalue weighted by Crippen LogP contribution is 2.28. The number of hydroxylamine groups is 1. The molecule has 0 aliphatic carbocycles. The molecule has 1 fully saturated rings. The van der Waals surface area contributed by atoms with Gasteiger partial charge < -0.3 is 9.47 Å². The van der Waals surface area contributed by atoms with Crippen molar-refractivity contribution >= 4 is 15.9 Å². The molecule has 1 amide bonds. The Morgan fingerprint density at radius 3 is 2.55 bits per heavy atom. The molecule has 3 rings (SSSR count). The van der Waals surface area contributed by atoms with Gasteiger partial charge in [-0.05, 0) is 55.7 Å². The summed E-state index contributed by atoms with van der Waals surface area (Å²) in [6.45, 7) is 1.61. The molecule has 0 radical (unpaired) electrons. The molecule has 1 heterocycles. The monoisotopic (exact) mass is 484 g/mol. The van der Waals surface area contributed by atoms with E-state index in [-0.39, 0.29) is 41.9 Å². The molecule has 2 aromatic carbocycles. The van der Waals surface area contributed by atoms with Crippen LogP contribution in [0.2, 0.25) is 0 Å². The second-order valence-corrected chi connectivity index (χ2v) is 9.57. The summed E-state index contributed by atoms with van der Waals surface area (Å²) in [6.07, 6.45) is 2.20. The molecule has 1 saturated heterocycles. The van der Waals surface area contributed by atoms with Crippen LogP contribution in [0.3, 0.4) is 0 Å². The number of carbonyl (C=O) groups excluding carboxylic acids is 1. The maximum Gasteiger partial charge on any atom is 0.267 e. The van der Waals surface area contributed by atoms with Crippen molar-refractivity contribution in [2.45, 2.75) is 55.8 Å². The summed E-state index contributed by atoms with van der Waals surface area (Å²) in [6, 6.07) is 8.42. The van der Waals surface area contributed by atoms with Crippen LogP contribution < -0.4 is 14.9 Å². The number of sulfonamides is 1. The molecule has 0 spiro atoms. The van der Waals surface area contributed by atoms with Gasteiger partial charge in [-0.3, -0.25) is 10.0 Å². The van der Waals surface area contributed by atoms with Crippen LogP contribution in [0.1, 0.15) is 38.2 Å². The summed E-state index contributed by atoms with van der Waals surface area (Å²) in [4.78, 5) is 12.2. The van der Waals surface area contributed by atoms with Crippen molar-refractivity contribution in [1.82, 2.24) is 10.2 Å². The molecule has 33 heavy (non-hydrogen) atoms. The van der Waals surface area contributed by atoms with Gasteiger partial charge in [-0.25, -0.2) is 22.7 Å². The number of benzene rings is 2. The molecule has 0 saturated carbocycles. The summed E-state index contributed by atoms with van der Waals surface area (Å²) in [5.74, 6) is -2.08. The first kappa shape index (κ1) is 25.0. The Hall–Kier alpha value is -2.60. The Morgan fingerprint density at radius 2 is 1.97 bits per heavy atom. The topological polar surface area (TPSA) is 114 Å². The fourth-order valence-corrected chi connectivity index (χ4v) is 5.00. The molecule has 180 valence electrons. The molecule has 0 bridgehead atoms. The van der Waals surface area contributed by atoms with Crippen molar-refractivity contribution in [1.29, 1.82) is 0 Å². The van der Waals surface area contributed by atoms with Gasteiger partial charge in [0.25, 0.3) is 5.91 Å². The highest BCUT2D eigenvalue weighted by Gasteiger charge is 2.46. The van der Waals surface area contributed by atoms with Crippen molar-refractivity contribution in [3.63, 3.8) is 0 Å². The van der Waals surface area contributed by atoms with Crippen LogP contribution in [0, 0.1) is 11.6 Å². The fourth-order valence-electron chi connectivity index (χ4n) is 3.62. The van der Waals surface area contributed by atoms with E-state index >= 15 is 0 Å². The maximum atomic E-state index is 13.7. The summed E-state index contributed by atoms with van der Waals surface area (Å²) in [5.41, 5.74) is 0.0240. The Bertz CT molecular complexity index is 1070. The molecule has 2 unspecified atom stereocenters. The van der Waals surface area contributed by atoms with Gasteiger partial charge in [0.05, 0.1) is 17.6 Å². The van der Waals surface area contributed by atoms with Gasteiger partial charge in [0.1, 0.15) is 29.5 Å². The third-order valence-electron chi connectivity index (χ3n) is 5.48. The summed E-state index contributed by atoms with van der Waals surface area (Å²) < 4.78 is 66.1. The van der Waals surface area contributed by atoms with E-state index in [1.807, 2.05) is 6.92 Å². The number of carbonyl (C=O) groups is 1. The van der Waals surface area contributed by atoms with Gasteiger partial charge in [-0.2, -0.15) is 4.72 Å². The third-order valence-corrected chi connectivity index (χ3v) is 7.03. The number of halogens is 2. The Kier molecular flexibility index (Phi) is 8.01. The number of hydrogen-bond donors (Lipinski definition) is 3. The van der Waals surface area contributed by atoms with E-state index in [0.717, 1.165) is 25.0 Å². The molecule has 1 aliphatic rings. The number of amides is 1. The van der Waals surface area contributed by atoms with Crippen molar-refractivity contribution in [3.05, 3.63) is 59.7 Å². The zero-order valence-electron chi connectivity index (χ0n) is 18.0. The normalized spacial score (nSPS) is 20.9. The number of hydrogen-bond acceptors (Lipinski definition) is 6. The predicted molar refractivity (Wildman–Crippen MR) is 114 cm³/mol. The molecule has 3 N–H and O–H groups in total. The minimum absolute atomic E-state index is 0.0819. The van der Waals surface area contributed by atoms with Gasteiger partial charge >= 0.3 is 0 Å². The highest BCUT2D eigenvalue weighted by atomic mass is 32.2. The van der Waals surface area contributed by atoms with Gasteiger partial charge in [0.2, 0.25) is 10.0 Å². The predicted octanol–water partition coefficient (Wildman–Crippen LogP) is 3.05. The van der Waals surface area contributed by atoms with Crippen LogP contribution in [-0.2, 0) is 26.2 Å². The van der Waals surface area contributed by atoms with Crippen LogP contribution in [-0.4, -0.2) is 37.8 Å². The molecule has 1 aliphatic heterocycles. The smallest absolute Gasteiger partial charge is 0.267 e. The number of ether oxygens (including phenoxy) is 2. The summed E-state index contributed by atoms with van der Waals surface area (Å²) in [7, 11) is -4.16. The molecular formula is C22H26F2N2O6S. The minimum Gasteiger partial charge on any atom is -0.489 e. The van der Waals surface area contributed by atoms with E-state index < -0.39 is 33.1 Å². The van der Waals surface area contributed by atoms with Gasteiger partial charge in [0.15, 0.2) is 0 Å². The SMILES string of the molecule is CCCC1CCC(NS(=O)(=O)c2ccc(OCc3ccc(F)cc3F)cc2)(C(=O)NO)CO1. The van der Waals surface area contributed by atoms with E-state index in [9.17, 15) is 22.0 Å². The lowest BCUT2D eigenvalue weighted by Crippen LogP contribution is -2.63. The Morgan fingerprint density at radius 1 is 1.24 bits per heavy atom. The Labute approximate surface area is 190 Å². The van der Waals surface area contributed by atoms with E-state index in [0.29, 0.717) is 6.42 Å². The first-order valence-corrected chi connectivity index (χ1v) is 11.9. The van der Waals surface area contributed by atoms with E-state index in [2.05, 4.69) is 4.72 Å². The average Bonchev–Trinajstić information content (AvgIpc) is 2.79. The molecular weight excluding hydrogens is 458 g/mol. The number of rotatable bonds is 9. The zero-order valence-corrected chi connectivity index (χ0v) is 18.8. The van der Waals surface area contributed by atoms with Crippen molar-refractivity contribution < 1.29 is 36.7 Å². The van der Waals surface area contributed by atoms with Crippen LogP contribution in [0.4, 0.5) is 8.78 Å². The van der Waals surface area contributed by atoms with Crippen molar-refractivity contribution in [2.24, 2.45) is 0 Å². The van der Waals surface area contributed by atoms with Crippen LogP contribution in [0.25, 0.3) is 0 Å². The Balaban J connectivity index is 1.70. The van der Waals surface area contributed by atoms with Crippen molar-refractivity contribution in [3.8, 4) is 5.75 Å². The maximum absolute atomic E-state index is 13.7. The lowest BCUT2D eigenvalue weighted by molar-refractivity contribution is -0.143. The molecule has 2 aromatic rings. The number of nitrogens with one attached hydrogen (secondary N) is 2. The quantitative estimate of drug-likeness (QED) is 0.372. The summed E-state index contributed by atoms with van der Waals surface area (Å²) >= 11 is 0. The first-order chi connectivity index (χ1) is 15.7. The highest BCUT2D eigenvalue weighted by molar-refractivity contribution is 7.89. The molecule has 11 heteroatoms. The largest absolute Gasteiger partial charge is 0.489 e. The molecule has 0 aromatic heterocycles.